The average Bonchev–Trinajstić information content (AvgIpc) is 2.56. The molecule has 0 saturated carbocycles. The van der Waals surface area contributed by atoms with Crippen molar-refractivity contribution in [3.05, 3.63) is 29.8 Å². The quantitative estimate of drug-likeness (QED) is 0.695. The molecule has 0 aliphatic heterocycles. The molecule has 1 aromatic carbocycles. The lowest BCUT2D eigenvalue weighted by molar-refractivity contribution is -0.133. The number of hydrogen-bond donors (Lipinski definition) is 2. The monoisotopic (exact) mass is 308 g/mol. The highest BCUT2D eigenvalue weighted by atomic mass is 16.5. The number of benzene rings is 1. The van der Waals surface area contributed by atoms with Crippen LogP contribution < -0.4 is 15.8 Å². The van der Waals surface area contributed by atoms with Gasteiger partial charge in [0, 0.05) is 12.6 Å². The van der Waals surface area contributed by atoms with Crippen LogP contribution in [0, 0.1) is 0 Å². The van der Waals surface area contributed by atoms with Gasteiger partial charge in [0.1, 0.15) is 11.9 Å². The van der Waals surface area contributed by atoms with Crippen molar-refractivity contribution in [2.24, 2.45) is 5.73 Å². The van der Waals surface area contributed by atoms with Crippen LogP contribution in [0.25, 0.3) is 0 Å². The number of carbonyl (C=O) groups is 1. The van der Waals surface area contributed by atoms with Gasteiger partial charge in [-0.3, -0.25) is 4.79 Å². The van der Waals surface area contributed by atoms with Gasteiger partial charge in [-0.2, -0.15) is 0 Å². The second-order valence-electron chi connectivity index (χ2n) is 5.39. The standard InChI is InChI=1S/C17H28N2O3/c1-4-5-8-15(11-18)19-17(20)13(2)22-12-14-7-6-9-16(10-14)21-3/h6-7,9-10,13,15H,4-5,8,11-12,18H2,1-3H3,(H,19,20). The number of amides is 1. The molecule has 5 heteroatoms. The van der Waals surface area contributed by atoms with Crippen LogP contribution in [0.3, 0.4) is 0 Å². The van der Waals surface area contributed by atoms with Crippen LogP contribution in [0.2, 0.25) is 0 Å². The minimum absolute atomic E-state index is 0.0234. The van der Waals surface area contributed by atoms with Gasteiger partial charge in [-0.15, -0.1) is 0 Å². The molecule has 0 aliphatic carbocycles. The zero-order valence-corrected chi connectivity index (χ0v) is 13.8. The topological polar surface area (TPSA) is 73.6 Å². The van der Waals surface area contributed by atoms with E-state index in [2.05, 4.69) is 12.2 Å². The SMILES string of the molecule is CCCCC(CN)NC(=O)C(C)OCc1cccc(OC)c1. The molecule has 5 nitrogen and oxygen atoms in total. The van der Waals surface area contributed by atoms with Gasteiger partial charge in [-0.1, -0.05) is 31.9 Å². The summed E-state index contributed by atoms with van der Waals surface area (Å²) in [6.07, 6.45) is 2.54. The largest absolute Gasteiger partial charge is 0.497 e. The summed E-state index contributed by atoms with van der Waals surface area (Å²) in [5.74, 6) is 0.662. The number of nitrogens with two attached hydrogens (primary N) is 1. The lowest BCUT2D eigenvalue weighted by Crippen LogP contribution is -2.44. The smallest absolute Gasteiger partial charge is 0.249 e. The van der Waals surface area contributed by atoms with E-state index in [1.165, 1.54) is 0 Å². The Morgan fingerprint density at radius 3 is 2.82 bits per heavy atom. The van der Waals surface area contributed by atoms with Gasteiger partial charge in [0.05, 0.1) is 13.7 Å². The molecule has 1 rings (SSSR count). The molecule has 22 heavy (non-hydrogen) atoms. The molecule has 0 radical (unpaired) electrons. The summed E-state index contributed by atoms with van der Waals surface area (Å²) in [7, 11) is 1.62. The number of nitrogens with one attached hydrogen (secondary N) is 1. The van der Waals surface area contributed by atoms with Crippen molar-refractivity contribution < 1.29 is 14.3 Å². The van der Waals surface area contributed by atoms with Crippen LogP contribution in [0.1, 0.15) is 38.7 Å². The summed E-state index contributed by atoms with van der Waals surface area (Å²) in [5, 5.41) is 2.95. The molecule has 1 amide bonds. The van der Waals surface area contributed by atoms with Crippen LogP contribution in [-0.2, 0) is 16.1 Å². The van der Waals surface area contributed by atoms with E-state index in [0.29, 0.717) is 13.2 Å². The third kappa shape index (κ3) is 6.45. The van der Waals surface area contributed by atoms with E-state index in [1.54, 1.807) is 14.0 Å². The van der Waals surface area contributed by atoms with Crippen LogP contribution in [0.5, 0.6) is 5.75 Å². The third-order valence-electron chi connectivity index (χ3n) is 3.54. The van der Waals surface area contributed by atoms with Crippen molar-refractivity contribution in [2.75, 3.05) is 13.7 Å². The van der Waals surface area contributed by atoms with E-state index < -0.39 is 6.10 Å². The predicted molar refractivity (Wildman–Crippen MR) is 87.8 cm³/mol. The van der Waals surface area contributed by atoms with E-state index in [1.807, 2.05) is 24.3 Å². The first-order chi connectivity index (χ1) is 10.6. The summed E-state index contributed by atoms with van der Waals surface area (Å²) >= 11 is 0. The number of ether oxygens (including phenoxy) is 2. The highest BCUT2D eigenvalue weighted by Gasteiger charge is 2.17. The van der Waals surface area contributed by atoms with Crippen molar-refractivity contribution in [2.45, 2.75) is 51.9 Å². The molecule has 3 N–H and O–H groups in total. The Morgan fingerprint density at radius 1 is 1.41 bits per heavy atom. The highest BCUT2D eigenvalue weighted by molar-refractivity contribution is 5.80. The maximum atomic E-state index is 12.1. The Kier molecular flexibility index (Phi) is 8.55. The summed E-state index contributed by atoms with van der Waals surface area (Å²) in [6, 6.07) is 7.64. The molecule has 0 aromatic heterocycles. The van der Waals surface area contributed by atoms with Crippen molar-refractivity contribution >= 4 is 5.91 Å². The lowest BCUT2D eigenvalue weighted by Gasteiger charge is -2.20. The van der Waals surface area contributed by atoms with E-state index >= 15 is 0 Å². The first-order valence-electron chi connectivity index (χ1n) is 7.85. The molecule has 0 spiro atoms. The number of carbonyl (C=O) groups excluding carboxylic acids is 1. The van der Waals surface area contributed by atoms with Crippen molar-refractivity contribution in [1.29, 1.82) is 0 Å². The summed E-state index contributed by atoms with van der Waals surface area (Å²) in [4.78, 5) is 12.1. The molecule has 0 bridgehead atoms. The van der Waals surface area contributed by atoms with Crippen molar-refractivity contribution in [3.63, 3.8) is 0 Å². The Morgan fingerprint density at radius 2 is 2.18 bits per heavy atom. The Labute approximate surface area is 133 Å². The minimum atomic E-state index is -0.512. The van der Waals surface area contributed by atoms with Crippen LogP contribution in [0.4, 0.5) is 0 Å². The van der Waals surface area contributed by atoms with Gasteiger partial charge in [-0.25, -0.2) is 0 Å². The second kappa shape index (κ2) is 10.2. The van der Waals surface area contributed by atoms with E-state index in [0.717, 1.165) is 30.6 Å². The lowest BCUT2D eigenvalue weighted by atomic mass is 10.1. The highest BCUT2D eigenvalue weighted by Crippen LogP contribution is 2.14. The molecule has 0 saturated heterocycles. The molecular weight excluding hydrogens is 280 g/mol. The molecule has 2 unspecified atom stereocenters. The summed E-state index contributed by atoms with van der Waals surface area (Å²) < 4.78 is 10.8. The van der Waals surface area contributed by atoms with Gasteiger partial charge in [0.25, 0.3) is 0 Å². The predicted octanol–water partition coefficient (Wildman–Crippen LogP) is 2.23. The molecular formula is C17H28N2O3. The van der Waals surface area contributed by atoms with Gasteiger partial charge in [-0.05, 0) is 31.0 Å². The van der Waals surface area contributed by atoms with E-state index in [4.69, 9.17) is 15.2 Å². The summed E-state index contributed by atoms with van der Waals surface area (Å²) in [5.41, 5.74) is 6.66. The maximum absolute atomic E-state index is 12.1. The number of hydrogen-bond acceptors (Lipinski definition) is 4. The van der Waals surface area contributed by atoms with E-state index in [9.17, 15) is 4.79 Å². The van der Waals surface area contributed by atoms with Crippen LogP contribution in [-0.4, -0.2) is 31.7 Å². The molecule has 0 aliphatic rings. The third-order valence-corrected chi connectivity index (χ3v) is 3.54. The molecule has 2 atom stereocenters. The number of methoxy groups -OCH3 is 1. The zero-order chi connectivity index (χ0) is 16.4. The Bertz CT molecular complexity index is 451. The first kappa shape index (κ1) is 18.5. The first-order valence-corrected chi connectivity index (χ1v) is 7.85. The average molecular weight is 308 g/mol. The Balaban J connectivity index is 2.42. The fourth-order valence-corrected chi connectivity index (χ4v) is 2.08. The fraction of sp³-hybridized carbons (Fsp3) is 0.588. The minimum Gasteiger partial charge on any atom is -0.497 e. The molecule has 124 valence electrons. The van der Waals surface area contributed by atoms with Crippen LogP contribution >= 0.6 is 0 Å². The Hall–Kier alpha value is -1.59. The second-order valence-corrected chi connectivity index (χ2v) is 5.39. The van der Waals surface area contributed by atoms with Gasteiger partial charge < -0.3 is 20.5 Å². The fourth-order valence-electron chi connectivity index (χ4n) is 2.08. The normalized spacial score (nSPS) is 13.5. The zero-order valence-electron chi connectivity index (χ0n) is 13.8. The van der Waals surface area contributed by atoms with Crippen LogP contribution in [0.15, 0.2) is 24.3 Å². The van der Waals surface area contributed by atoms with E-state index in [-0.39, 0.29) is 11.9 Å². The summed E-state index contributed by atoms with van der Waals surface area (Å²) in [6.45, 7) is 4.69. The molecule has 0 heterocycles. The number of unbranched alkanes of at least 4 members (excludes halogenated alkanes) is 1. The maximum Gasteiger partial charge on any atom is 0.249 e. The molecule has 1 aromatic rings. The van der Waals surface area contributed by atoms with Crippen molar-refractivity contribution in [3.8, 4) is 5.75 Å². The van der Waals surface area contributed by atoms with Crippen molar-refractivity contribution in [1.82, 2.24) is 5.32 Å². The van der Waals surface area contributed by atoms with Gasteiger partial charge in [0.15, 0.2) is 0 Å². The molecule has 0 fully saturated rings. The van der Waals surface area contributed by atoms with Gasteiger partial charge in [0.2, 0.25) is 5.91 Å². The number of rotatable bonds is 10. The van der Waals surface area contributed by atoms with Gasteiger partial charge >= 0.3 is 0 Å².